The lowest BCUT2D eigenvalue weighted by Gasteiger charge is -2.07. The van der Waals surface area contributed by atoms with Crippen molar-refractivity contribution in [3.63, 3.8) is 0 Å². The Morgan fingerprint density at radius 1 is 0.532 bits per heavy atom. The summed E-state index contributed by atoms with van der Waals surface area (Å²) in [6.07, 6.45) is 10.7. The van der Waals surface area contributed by atoms with E-state index >= 15 is 0 Å². The van der Waals surface area contributed by atoms with Gasteiger partial charge in [0.05, 0.1) is 62.2 Å². The van der Waals surface area contributed by atoms with E-state index in [1.54, 1.807) is 36.7 Å². The van der Waals surface area contributed by atoms with Crippen molar-refractivity contribution in [1.82, 2.24) is 28.7 Å². The lowest BCUT2D eigenvalue weighted by Crippen LogP contribution is -2.10. The normalized spacial score (nSPS) is 11.6. The number of H-pyrrole nitrogens is 2. The summed E-state index contributed by atoms with van der Waals surface area (Å²) < 4.78 is 22.9. The molecule has 0 atom stereocenters. The summed E-state index contributed by atoms with van der Waals surface area (Å²) in [5.74, 6) is -3.33. The number of hydrogen-bond donors (Lipinski definition) is 2. The van der Waals surface area contributed by atoms with Gasteiger partial charge in [-0.3, -0.25) is 0 Å². The molecule has 16 heteroatoms. The monoisotopic (exact) mass is 822 g/mol. The van der Waals surface area contributed by atoms with E-state index in [2.05, 4.69) is 9.97 Å². The van der Waals surface area contributed by atoms with E-state index in [0.29, 0.717) is 67.1 Å². The van der Waals surface area contributed by atoms with Gasteiger partial charge in [0.2, 0.25) is 0 Å². The number of esters is 4. The minimum absolute atomic E-state index is 0.0775. The zero-order chi connectivity index (χ0) is 43.4. The van der Waals surface area contributed by atoms with Crippen LogP contribution in [0.25, 0.3) is 79.7 Å². The number of ether oxygens (including phenoxy) is 4. The third-order valence-electron chi connectivity index (χ3n) is 10.6. The molecule has 302 valence electrons. The number of nitrogens with one attached hydrogen (secondary N) is 2. The van der Waals surface area contributed by atoms with Crippen LogP contribution in [-0.4, -0.2) is 81.1 Å². The van der Waals surface area contributed by atoms with Crippen molar-refractivity contribution < 1.29 is 38.1 Å². The third-order valence-corrected chi connectivity index (χ3v) is 10.6. The number of aromatic amines is 2. The van der Waals surface area contributed by atoms with Crippen molar-refractivity contribution >= 4 is 81.3 Å². The maximum Gasteiger partial charge on any atom is 0.341 e. The second-order valence-electron chi connectivity index (χ2n) is 13.9. The van der Waals surface area contributed by atoms with Crippen molar-refractivity contribution in [3.8, 4) is 34.4 Å². The molecule has 0 radical (unpaired) electrons. The van der Waals surface area contributed by atoms with Crippen LogP contribution in [0.5, 0.6) is 0 Å². The largest absolute Gasteiger partial charge is 0.465 e. The highest BCUT2D eigenvalue weighted by Gasteiger charge is 2.32. The molecule has 2 aliphatic heterocycles. The summed E-state index contributed by atoms with van der Waals surface area (Å²) in [6.45, 7) is 0. The molecule has 8 bridgehead atoms. The summed E-state index contributed by atoms with van der Waals surface area (Å²) >= 11 is 0. The minimum atomic E-state index is -0.855. The van der Waals surface area contributed by atoms with E-state index in [4.69, 9.17) is 28.9 Å². The Labute approximate surface area is 350 Å². The van der Waals surface area contributed by atoms with Crippen molar-refractivity contribution in [2.24, 2.45) is 0 Å². The van der Waals surface area contributed by atoms with E-state index in [0.717, 1.165) is 0 Å². The number of pyridine rings is 2. The molecule has 7 aromatic rings. The molecule has 2 N–H and O–H groups in total. The number of nitriles is 2. The molecule has 7 aromatic heterocycles. The molecular formula is C46H30N8O8. The van der Waals surface area contributed by atoms with Gasteiger partial charge in [-0.2, -0.15) is 10.5 Å². The maximum atomic E-state index is 13.2. The number of rotatable bonds is 6. The Hall–Kier alpha value is -9.02. The summed E-state index contributed by atoms with van der Waals surface area (Å²) in [5, 5.41) is 20.2. The van der Waals surface area contributed by atoms with E-state index in [1.807, 2.05) is 72.8 Å². The average molecular weight is 823 g/mol. The zero-order valence-corrected chi connectivity index (χ0v) is 33.2. The van der Waals surface area contributed by atoms with Gasteiger partial charge in [0.15, 0.2) is 0 Å². The predicted octanol–water partition coefficient (Wildman–Crippen LogP) is 7.38. The van der Waals surface area contributed by atoms with Gasteiger partial charge >= 0.3 is 23.9 Å². The Morgan fingerprint density at radius 2 is 0.919 bits per heavy atom. The Kier molecular flexibility index (Phi) is 9.30. The molecule has 0 amide bonds. The van der Waals surface area contributed by atoms with Crippen LogP contribution in [0, 0.1) is 22.7 Å². The first-order chi connectivity index (χ1) is 30.1. The molecule has 62 heavy (non-hydrogen) atoms. The highest BCUT2D eigenvalue weighted by Crippen LogP contribution is 2.36. The van der Waals surface area contributed by atoms with Crippen molar-refractivity contribution in [1.29, 1.82) is 10.5 Å². The Bertz CT molecular complexity index is 3250. The van der Waals surface area contributed by atoms with E-state index in [1.165, 1.54) is 37.2 Å². The Balaban J connectivity index is 1.29. The number of methoxy groups -OCH3 is 4. The second-order valence-corrected chi connectivity index (χ2v) is 13.9. The number of hydrogen-bond acceptors (Lipinski definition) is 12. The maximum absolute atomic E-state index is 13.2. The van der Waals surface area contributed by atoms with E-state index < -0.39 is 23.9 Å². The first-order valence-electron chi connectivity index (χ1n) is 18.7. The lowest BCUT2D eigenvalue weighted by molar-refractivity contribution is 0.0557. The summed E-state index contributed by atoms with van der Waals surface area (Å²) in [7, 11) is 4.73. The molecule has 9 rings (SSSR count). The van der Waals surface area contributed by atoms with Gasteiger partial charge in [-0.15, -0.1) is 0 Å². The van der Waals surface area contributed by atoms with Gasteiger partial charge in [0.25, 0.3) is 0 Å². The smallest absolute Gasteiger partial charge is 0.341 e. The minimum Gasteiger partial charge on any atom is -0.465 e. The van der Waals surface area contributed by atoms with Crippen LogP contribution >= 0.6 is 0 Å². The van der Waals surface area contributed by atoms with Crippen molar-refractivity contribution in [2.45, 2.75) is 0 Å². The highest BCUT2D eigenvalue weighted by molar-refractivity contribution is 6.12. The molecule has 16 nitrogen and oxygen atoms in total. The number of nitrogens with zero attached hydrogens (tertiary/aromatic N) is 6. The number of carbonyl (C=O) groups is 4. The summed E-state index contributed by atoms with van der Waals surface area (Å²) in [5.41, 5.74) is 7.43. The molecular weight excluding hydrogens is 793 g/mol. The fraction of sp³-hybridized carbons (Fsp3) is 0.0870. The molecule has 0 aromatic carbocycles. The fourth-order valence-corrected chi connectivity index (χ4v) is 7.94. The molecule has 2 aliphatic rings. The van der Waals surface area contributed by atoms with Gasteiger partial charge in [-0.05, 0) is 96.1 Å². The first-order valence-corrected chi connectivity index (χ1v) is 18.7. The van der Waals surface area contributed by atoms with E-state index in [9.17, 15) is 29.7 Å². The quantitative estimate of drug-likeness (QED) is 0.124. The highest BCUT2D eigenvalue weighted by atomic mass is 16.5. The fourth-order valence-electron chi connectivity index (χ4n) is 7.94. The van der Waals surface area contributed by atoms with Crippen LogP contribution < -0.4 is 0 Å². The molecule has 0 fully saturated rings. The van der Waals surface area contributed by atoms with Crippen LogP contribution in [0.3, 0.4) is 0 Å². The predicted molar refractivity (Wildman–Crippen MR) is 226 cm³/mol. The summed E-state index contributed by atoms with van der Waals surface area (Å²) in [4.78, 5) is 69.1. The molecule has 0 saturated carbocycles. The van der Waals surface area contributed by atoms with Crippen LogP contribution in [-0.2, 0) is 18.9 Å². The number of carbonyl (C=O) groups excluding carboxylic acids is 4. The summed E-state index contributed by atoms with van der Waals surface area (Å²) in [6, 6.07) is 22.3. The second kappa shape index (κ2) is 15.0. The van der Waals surface area contributed by atoms with Gasteiger partial charge in [-0.1, -0.05) is 0 Å². The molecule has 9 heterocycles. The van der Waals surface area contributed by atoms with Crippen molar-refractivity contribution in [2.75, 3.05) is 28.4 Å². The van der Waals surface area contributed by atoms with Crippen LogP contribution in [0.2, 0.25) is 0 Å². The molecule has 0 spiro atoms. The SMILES string of the molecule is COC(=O)c1c(C(=O)OC)c2cc(-c3c4nc(cc5ccc([nH]5)c(-c5ccn6c(C#N)c(C(=O)OC)c(C(=O)OC)c6c5)c5nc(cc6ccc3[nH]6)C=C5)C=C4)ccn2c1C#N. The average Bonchev–Trinajstić information content (AvgIpc) is 4.16. The Morgan fingerprint density at radius 3 is 1.29 bits per heavy atom. The first kappa shape index (κ1) is 38.5. The lowest BCUT2D eigenvalue weighted by atomic mass is 10.0. The van der Waals surface area contributed by atoms with Gasteiger partial charge in [0.1, 0.15) is 45.8 Å². The third kappa shape index (κ3) is 6.06. The number of fused-ring (bicyclic) bond motifs is 10. The van der Waals surface area contributed by atoms with Gasteiger partial charge in [0, 0.05) is 45.6 Å². The topological polar surface area (TPSA) is 219 Å². The van der Waals surface area contributed by atoms with Gasteiger partial charge < -0.3 is 37.7 Å². The van der Waals surface area contributed by atoms with Crippen LogP contribution in [0.1, 0.15) is 75.6 Å². The van der Waals surface area contributed by atoms with Crippen LogP contribution in [0.4, 0.5) is 0 Å². The zero-order valence-electron chi connectivity index (χ0n) is 33.2. The molecule has 0 aliphatic carbocycles. The van der Waals surface area contributed by atoms with Gasteiger partial charge in [-0.25, -0.2) is 29.1 Å². The molecule has 0 saturated heterocycles. The van der Waals surface area contributed by atoms with Crippen LogP contribution in [0.15, 0.2) is 73.1 Å². The van der Waals surface area contributed by atoms with E-state index in [-0.39, 0.29) is 44.7 Å². The standard InChI is InChI=1S/C46H30N8O8/c1-59-43(55)39-33-17-23(13-15-53(33)35(21-47)41(39)45(57)61-3)37-29-9-5-25(49-29)19-27-7-11-31(51-27)38(32-12-8-28(52-32)20-26-6-10-30(37)50-26)24-14-16-54-34(18-24)40(44(56)60-2)42(36(54)22-48)46(58)62-4/h5-20,49,52H,1-4H3. The van der Waals surface area contributed by atoms with Crippen molar-refractivity contribution in [3.05, 3.63) is 129 Å². The number of aromatic nitrogens is 6. The molecule has 0 unspecified atom stereocenters.